The second kappa shape index (κ2) is 9.22. The van der Waals surface area contributed by atoms with Gasteiger partial charge < -0.3 is 25.0 Å². The molecule has 0 spiro atoms. The van der Waals surface area contributed by atoms with Gasteiger partial charge in [-0.1, -0.05) is 0 Å². The Balaban J connectivity index is 1.66. The number of carbonyl (C=O) groups is 1. The molecule has 7 nitrogen and oxygen atoms in total. The minimum atomic E-state index is 0.0176. The van der Waals surface area contributed by atoms with Crippen LogP contribution in [0.15, 0.2) is 48.5 Å². The number of ether oxygens (including phenoxy) is 2. The number of hydrogen-bond donors (Lipinski definition) is 2. The largest absolute Gasteiger partial charge is 0.497 e. The van der Waals surface area contributed by atoms with Gasteiger partial charge in [-0.05, 0) is 49.5 Å². The van der Waals surface area contributed by atoms with Crippen molar-refractivity contribution < 1.29 is 14.3 Å². The van der Waals surface area contributed by atoms with E-state index in [-0.39, 0.29) is 11.8 Å². The van der Waals surface area contributed by atoms with Gasteiger partial charge in [0.15, 0.2) is 0 Å². The second-order valence-corrected chi connectivity index (χ2v) is 7.60. The van der Waals surface area contributed by atoms with E-state index in [9.17, 15) is 4.79 Å². The highest BCUT2D eigenvalue weighted by molar-refractivity contribution is 5.96. The molecule has 2 aromatic carbocycles. The maximum absolute atomic E-state index is 12.0. The van der Waals surface area contributed by atoms with Gasteiger partial charge in [0.1, 0.15) is 18.1 Å². The van der Waals surface area contributed by atoms with Crippen molar-refractivity contribution in [2.45, 2.75) is 0 Å². The molecule has 3 aromatic rings. The van der Waals surface area contributed by atoms with Gasteiger partial charge in [0, 0.05) is 49.4 Å². The molecule has 31 heavy (non-hydrogen) atoms. The summed E-state index contributed by atoms with van der Waals surface area (Å²) >= 11 is 0. The lowest BCUT2D eigenvalue weighted by atomic mass is 9.96. The number of hydrogen-bond acceptors (Lipinski definition) is 6. The van der Waals surface area contributed by atoms with E-state index >= 15 is 0 Å². The summed E-state index contributed by atoms with van der Waals surface area (Å²) in [6.45, 7) is 2.81. The van der Waals surface area contributed by atoms with E-state index in [0.717, 1.165) is 45.9 Å². The van der Waals surface area contributed by atoms with Crippen LogP contribution in [-0.4, -0.2) is 58.3 Å². The molecule has 1 saturated heterocycles. The predicted octanol–water partition coefficient (Wildman–Crippen LogP) is 2.69. The van der Waals surface area contributed by atoms with Gasteiger partial charge in [-0.3, -0.25) is 4.79 Å². The Morgan fingerprint density at radius 2 is 1.84 bits per heavy atom. The molecule has 0 unspecified atom stereocenters. The number of rotatable bonds is 8. The molecule has 0 saturated carbocycles. The fourth-order valence-corrected chi connectivity index (χ4v) is 3.76. The molecular formula is C24H28N4O3. The first-order chi connectivity index (χ1) is 15.1. The van der Waals surface area contributed by atoms with Crippen LogP contribution in [0.2, 0.25) is 0 Å². The third kappa shape index (κ3) is 4.41. The minimum absolute atomic E-state index is 0.0176. The number of fused-ring (bicyclic) bond motifs is 1. The summed E-state index contributed by atoms with van der Waals surface area (Å²) in [5.41, 5.74) is 3.83. The number of methoxy groups -OCH3 is 1. The smallest absolute Gasteiger partial charge is 0.226 e. The van der Waals surface area contributed by atoms with Crippen LogP contribution in [0.25, 0.3) is 22.2 Å². The highest BCUT2D eigenvalue weighted by Gasteiger charge is 2.33. The molecule has 4 rings (SSSR count). The van der Waals surface area contributed by atoms with Gasteiger partial charge in [0.25, 0.3) is 0 Å². The number of aromatic nitrogens is 1. The highest BCUT2D eigenvalue weighted by atomic mass is 16.5. The lowest BCUT2D eigenvalue weighted by molar-refractivity contribution is -0.125. The van der Waals surface area contributed by atoms with E-state index < -0.39 is 0 Å². The van der Waals surface area contributed by atoms with Crippen LogP contribution in [0.3, 0.4) is 0 Å². The van der Waals surface area contributed by atoms with E-state index in [1.807, 2.05) is 49.5 Å². The molecule has 1 aromatic heterocycles. The van der Waals surface area contributed by atoms with Crippen molar-refractivity contribution in [1.82, 2.24) is 15.6 Å². The highest BCUT2D eigenvalue weighted by Crippen LogP contribution is 2.36. The molecule has 2 N–H and O–H groups in total. The monoisotopic (exact) mass is 420 g/mol. The van der Waals surface area contributed by atoms with E-state index in [2.05, 4.69) is 21.6 Å². The molecule has 0 bridgehead atoms. The number of nitrogens with one attached hydrogen (secondary N) is 2. The summed E-state index contributed by atoms with van der Waals surface area (Å²) in [5.74, 6) is 1.70. The number of carbonyl (C=O) groups excluding carboxylic acids is 1. The van der Waals surface area contributed by atoms with E-state index in [1.54, 1.807) is 14.2 Å². The maximum Gasteiger partial charge on any atom is 0.226 e. The summed E-state index contributed by atoms with van der Waals surface area (Å²) in [6, 6.07) is 16.0. The van der Waals surface area contributed by atoms with Gasteiger partial charge in [0.05, 0.1) is 24.2 Å². The number of likely N-dealkylation sites (N-methyl/N-ethyl adjacent to an activating group) is 1. The third-order valence-electron chi connectivity index (χ3n) is 5.61. The van der Waals surface area contributed by atoms with Gasteiger partial charge in [-0.15, -0.1) is 0 Å². The first-order valence-corrected chi connectivity index (χ1v) is 10.5. The molecular weight excluding hydrogens is 392 g/mol. The van der Waals surface area contributed by atoms with Crippen LogP contribution < -0.4 is 25.0 Å². The van der Waals surface area contributed by atoms with E-state index in [1.165, 1.54) is 0 Å². The second-order valence-electron chi connectivity index (χ2n) is 7.60. The van der Waals surface area contributed by atoms with Crippen molar-refractivity contribution >= 4 is 22.5 Å². The molecule has 1 fully saturated rings. The normalized spacial score (nSPS) is 13.7. The van der Waals surface area contributed by atoms with Crippen LogP contribution in [0.4, 0.5) is 5.69 Å². The third-order valence-corrected chi connectivity index (χ3v) is 5.61. The van der Waals surface area contributed by atoms with Crippen molar-refractivity contribution in [3.63, 3.8) is 0 Å². The van der Waals surface area contributed by atoms with Gasteiger partial charge in [0.2, 0.25) is 5.91 Å². The summed E-state index contributed by atoms with van der Waals surface area (Å²) < 4.78 is 11.1. The van der Waals surface area contributed by atoms with Gasteiger partial charge in [-0.2, -0.15) is 0 Å². The van der Waals surface area contributed by atoms with E-state index in [0.29, 0.717) is 19.7 Å². The number of benzene rings is 2. The lowest BCUT2D eigenvalue weighted by Gasteiger charge is -2.40. The standard InChI is InChI=1S/C24H28N4O3/c1-25-10-11-31-18-6-4-16(5-7-18)21-13-23(28-14-17(15-28)24(29)26-2)20-9-8-19(30-3)12-22(20)27-21/h4-9,12-13,17,25H,10-11,14-15H2,1-3H3,(H,26,29). The minimum Gasteiger partial charge on any atom is -0.497 e. The molecule has 2 heterocycles. The Bertz CT molecular complexity index is 1060. The maximum atomic E-state index is 12.0. The number of nitrogens with zero attached hydrogens (tertiary/aromatic N) is 2. The molecule has 0 atom stereocenters. The fourth-order valence-electron chi connectivity index (χ4n) is 3.76. The Morgan fingerprint density at radius 1 is 1.10 bits per heavy atom. The predicted molar refractivity (Wildman–Crippen MR) is 123 cm³/mol. The molecule has 1 amide bonds. The molecule has 162 valence electrons. The summed E-state index contributed by atoms with van der Waals surface area (Å²) in [5, 5.41) is 6.86. The van der Waals surface area contributed by atoms with Crippen LogP contribution >= 0.6 is 0 Å². The fraction of sp³-hybridized carbons (Fsp3) is 0.333. The molecule has 1 aliphatic rings. The quantitative estimate of drug-likeness (QED) is 0.546. The van der Waals surface area contributed by atoms with E-state index in [4.69, 9.17) is 14.5 Å². The zero-order valence-corrected chi connectivity index (χ0v) is 18.1. The first kappa shape index (κ1) is 20.9. The summed E-state index contributed by atoms with van der Waals surface area (Å²) in [7, 11) is 5.24. The molecule has 0 aliphatic carbocycles. The topological polar surface area (TPSA) is 75.7 Å². The van der Waals surface area contributed by atoms with Crippen LogP contribution in [0.5, 0.6) is 11.5 Å². The SMILES string of the molecule is CNCCOc1ccc(-c2cc(N3CC(C(=O)NC)C3)c3ccc(OC)cc3n2)cc1. The average molecular weight is 421 g/mol. The van der Waals surface area contributed by atoms with Crippen molar-refractivity contribution in [1.29, 1.82) is 0 Å². The average Bonchev–Trinajstić information content (AvgIpc) is 2.78. The zero-order chi connectivity index (χ0) is 21.8. The van der Waals surface area contributed by atoms with Crippen molar-refractivity contribution in [2.24, 2.45) is 5.92 Å². The molecule has 0 radical (unpaired) electrons. The number of amides is 1. The van der Waals surface area contributed by atoms with Crippen LogP contribution in [0, 0.1) is 5.92 Å². The zero-order valence-electron chi connectivity index (χ0n) is 18.1. The van der Waals surface area contributed by atoms with Crippen molar-refractivity contribution in [3.8, 4) is 22.8 Å². The van der Waals surface area contributed by atoms with Crippen LogP contribution in [0.1, 0.15) is 0 Å². The Hall–Kier alpha value is -3.32. The Morgan fingerprint density at radius 3 is 2.52 bits per heavy atom. The molecule has 7 heteroatoms. The van der Waals surface area contributed by atoms with Crippen LogP contribution in [-0.2, 0) is 4.79 Å². The van der Waals surface area contributed by atoms with Gasteiger partial charge in [-0.25, -0.2) is 4.98 Å². The summed E-state index contributed by atoms with van der Waals surface area (Å²) in [6.07, 6.45) is 0. The first-order valence-electron chi connectivity index (χ1n) is 10.5. The van der Waals surface area contributed by atoms with Gasteiger partial charge >= 0.3 is 0 Å². The molecule has 1 aliphatic heterocycles. The Labute approximate surface area is 182 Å². The lowest BCUT2D eigenvalue weighted by Crippen LogP contribution is -2.53. The van der Waals surface area contributed by atoms with Crippen molar-refractivity contribution in [2.75, 3.05) is 52.3 Å². The summed E-state index contributed by atoms with van der Waals surface area (Å²) in [4.78, 5) is 19.1. The number of pyridine rings is 1. The number of anilines is 1. The Kier molecular flexibility index (Phi) is 6.23. The van der Waals surface area contributed by atoms with Crippen molar-refractivity contribution in [3.05, 3.63) is 48.5 Å².